The summed E-state index contributed by atoms with van der Waals surface area (Å²) in [5, 5.41) is 3.35. The average molecular weight is 185 g/mol. The lowest BCUT2D eigenvalue weighted by molar-refractivity contribution is 0.459. The topological polar surface area (TPSA) is 12.0 Å². The fourth-order valence-corrected chi connectivity index (χ4v) is 1.67. The van der Waals surface area contributed by atoms with Gasteiger partial charge >= 0.3 is 0 Å². The Balaban J connectivity index is 3.14. The van der Waals surface area contributed by atoms with E-state index in [1.54, 1.807) is 0 Å². The molecule has 0 rings (SSSR count). The molecule has 0 heterocycles. The van der Waals surface area contributed by atoms with Crippen LogP contribution in [0.3, 0.4) is 0 Å². The molecule has 1 heteroatoms. The minimum absolute atomic E-state index is 0.749. The van der Waals surface area contributed by atoms with E-state index in [9.17, 15) is 0 Å². The average Bonchev–Trinajstić information content (AvgIpc) is 2.11. The maximum absolute atomic E-state index is 3.35. The summed E-state index contributed by atoms with van der Waals surface area (Å²) in [5.41, 5.74) is 0. The number of hydrogen-bond donors (Lipinski definition) is 1. The highest BCUT2D eigenvalue weighted by molar-refractivity contribution is 4.61. The summed E-state index contributed by atoms with van der Waals surface area (Å²) in [7, 11) is 2.07. The van der Waals surface area contributed by atoms with Crippen LogP contribution < -0.4 is 5.32 Å². The quantitative estimate of drug-likeness (QED) is 0.570. The van der Waals surface area contributed by atoms with Gasteiger partial charge in [-0.25, -0.2) is 0 Å². The van der Waals surface area contributed by atoms with Crippen LogP contribution in [0.2, 0.25) is 0 Å². The van der Waals surface area contributed by atoms with Crippen molar-refractivity contribution in [2.24, 2.45) is 5.92 Å². The molecule has 0 radical (unpaired) electrons. The van der Waals surface area contributed by atoms with Gasteiger partial charge in [0.1, 0.15) is 0 Å². The molecule has 1 N–H and O–H groups in total. The lowest BCUT2D eigenvalue weighted by Gasteiger charge is -2.13. The molecule has 0 aromatic heterocycles. The van der Waals surface area contributed by atoms with Crippen molar-refractivity contribution >= 4 is 0 Å². The van der Waals surface area contributed by atoms with Gasteiger partial charge in [0.15, 0.2) is 0 Å². The van der Waals surface area contributed by atoms with Gasteiger partial charge in [-0.1, -0.05) is 46.5 Å². The van der Waals surface area contributed by atoms with E-state index in [1.165, 1.54) is 38.5 Å². The first-order valence-corrected chi connectivity index (χ1v) is 5.88. The van der Waals surface area contributed by atoms with Crippen molar-refractivity contribution in [2.75, 3.05) is 7.05 Å². The van der Waals surface area contributed by atoms with Crippen molar-refractivity contribution in [1.82, 2.24) is 5.32 Å². The van der Waals surface area contributed by atoms with Crippen LogP contribution in [-0.4, -0.2) is 13.1 Å². The monoisotopic (exact) mass is 185 g/mol. The molecule has 0 aromatic carbocycles. The second kappa shape index (κ2) is 8.55. The number of nitrogens with one attached hydrogen (secondary N) is 1. The highest BCUT2D eigenvalue weighted by Gasteiger charge is 2.01. The van der Waals surface area contributed by atoms with Crippen LogP contribution in [-0.2, 0) is 0 Å². The highest BCUT2D eigenvalue weighted by Crippen LogP contribution is 2.11. The molecular weight excluding hydrogens is 158 g/mol. The van der Waals surface area contributed by atoms with Gasteiger partial charge in [-0.05, 0) is 25.8 Å². The minimum atomic E-state index is 0.749. The fourth-order valence-electron chi connectivity index (χ4n) is 1.67. The first-order valence-electron chi connectivity index (χ1n) is 5.88. The second-order valence-corrected chi connectivity index (χ2v) is 4.43. The molecular formula is C12H27N. The Kier molecular flexibility index (Phi) is 8.53. The van der Waals surface area contributed by atoms with Crippen LogP contribution in [0.1, 0.15) is 59.3 Å². The smallest absolute Gasteiger partial charge is 0.00614 e. The lowest BCUT2D eigenvalue weighted by Crippen LogP contribution is -2.23. The zero-order valence-electron chi connectivity index (χ0n) is 9.90. The van der Waals surface area contributed by atoms with Gasteiger partial charge in [0.05, 0.1) is 0 Å². The van der Waals surface area contributed by atoms with Gasteiger partial charge in [-0.2, -0.15) is 0 Å². The van der Waals surface area contributed by atoms with Crippen molar-refractivity contribution < 1.29 is 0 Å². The van der Waals surface area contributed by atoms with Gasteiger partial charge in [-0.3, -0.25) is 0 Å². The van der Waals surface area contributed by atoms with Gasteiger partial charge < -0.3 is 5.32 Å². The van der Waals surface area contributed by atoms with E-state index in [1.807, 2.05) is 0 Å². The Hall–Kier alpha value is -0.0400. The molecule has 0 aromatic rings. The Morgan fingerprint density at radius 3 is 2.08 bits per heavy atom. The van der Waals surface area contributed by atoms with Crippen molar-refractivity contribution in [1.29, 1.82) is 0 Å². The molecule has 1 nitrogen and oxygen atoms in total. The van der Waals surface area contributed by atoms with Crippen molar-refractivity contribution in [2.45, 2.75) is 65.3 Å². The van der Waals surface area contributed by atoms with Crippen molar-refractivity contribution in [3.63, 3.8) is 0 Å². The largest absolute Gasteiger partial charge is 0.317 e. The molecule has 0 aliphatic rings. The van der Waals surface area contributed by atoms with E-state index in [4.69, 9.17) is 0 Å². The third kappa shape index (κ3) is 8.29. The molecule has 80 valence electrons. The van der Waals surface area contributed by atoms with Crippen LogP contribution in [0.25, 0.3) is 0 Å². The van der Waals surface area contributed by atoms with Gasteiger partial charge in [0, 0.05) is 6.04 Å². The predicted octanol–water partition coefficient (Wildman–Crippen LogP) is 3.59. The summed E-state index contributed by atoms with van der Waals surface area (Å²) in [6.07, 6.45) is 8.24. The zero-order valence-corrected chi connectivity index (χ0v) is 9.90. The standard InChI is InChI=1S/C12H27N/c1-5-12(13-4)10-8-6-7-9-11(2)3/h11-13H,5-10H2,1-4H3. The van der Waals surface area contributed by atoms with E-state index >= 15 is 0 Å². The molecule has 1 unspecified atom stereocenters. The summed E-state index contributed by atoms with van der Waals surface area (Å²) in [4.78, 5) is 0. The van der Waals surface area contributed by atoms with Crippen LogP contribution in [0.4, 0.5) is 0 Å². The summed E-state index contributed by atoms with van der Waals surface area (Å²) in [6.45, 7) is 6.88. The maximum Gasteiger partial charge on any atom is 0.00614 e. The van der Waals surface area contributed by atoms with E-state index in [0.717, 1.165) is 12.0 Å². The fraction of sp³-hybridized carbons (Fsp3) is 1.00. The molecule has 0 aliphatic carbocycles. The van der Waals surface area contributed by atoms with Gasteiger partial charge in [-0.15, -0.1) is 0 Å². The molecule has 0 bridgehead atoms. The third-order valence-electron chi connectivity index (χ3n) is 2.74. The first kappa shape index (κ1) is 13.0. The molecule has 1 atom stereocenters. The van der Waals surface area contributed by atoms with E-state index in [2.05, 4.69) is 33.1 Å². The predicted molar refractivity (Wildman–Crippen MR) is 61.1 cm³/mol. The summed E-state index contributed by atoms with van der Waals surface area (Å²) < 4.78 is 0. The molecule has 13 heavy (non-hydrogen) atoms. The van der Waals surface area contributed by atoms with E-state index in [0.29, 0.717) is 0 Å². The van der Waals surface area contributed by atoms with Crippen molar-refractivity contribution in [3.8, 4) is 0 Å². The Labute approximate surface area is 84.3 Å². The van der Waals surface area contributed by atoms with E-state index < -0.39 is 0 Å². The Morgan fingerprint density at radius 1 is 1.00 bits per heavy atom. The molecule has 0 spiro atoms. The first-order chi connectivity index (χ1) is 6.20. The van der Waals surface area contributed by atoms with Gasteiger partial charge in [0.25, 0.3) is 0 Å². The molecule has 0 aliphatic heterocycles. The summed E-state index contributed by atoms with van der Waals surface area (Å²) in [5.74, 6) is 0.881. The minimum Gasteiger partial charge on any atom is -0.317 e. The number of hydrogen-bond acceptors (Lipinski definition) is 1. The normalized spacial score (nSPS) is 13.6. The van der Waals surface area contributed by atoms with Crippen LogP contribution >= 0.6 is 0 Å². The number of rotatable bonds is 8. The van der Waals surface area contributed by atoms with E-state index in [-0.39, 0.29) is 0 Å². The molecule has 0 fully saturated rings. The van der Waals surface area contributed by atoms with Crippen molar-refractivity contribution in [3.05, 3.63) is 0 Å². The molecule has 0 amide bonds. The third-order valence-corrected chi connectivity index (χ3v) is 2.74. The summed E-state index contributed by atoms with van der Waals surface area (Å²) >= 11 is 0. The lowest BCUT2D eigenvalue weighted by atomic mass is 10.0. The van der Waals surface area contributed by atoms with Crippen LogP contribution in [0.15, 0.2) is 0 Å². The molecule has 0 saturated carbocycles. The summed E-state index contributed by atoms with van der Waals surface area (Å²) in [6, 6.07) is 0.749. The zero-order chi connectivity index (χ0) is 10.1. The second-order valence-electron chi connectivity index (χ2n) is 4.43. The Morgan fingerprint density at radius 2 is 1.62 bits per heavy atom. The number of unbranched alkanes of at least 4 members (excludes halogenated alkanes) is 2. The Bertz CT molecular complexity index is 95.3. The molecule has 0 saturated heterocycles. The SMILES string of the molecule is CCC(CCCCCC(C)C)NC. The van der Waals surface area contributed by atoms with Gasteiger partial charge in [0.2, 0.25) is 0 Å². The maximum atomic E-state index is 3.35. The van der Waals surface area contributed by atoms with Crippen LogP contribution in [0.5, 0.6) is 0 Å². The van der Waals surface area contributed by atoms with Crippen LogP contribution in [0, 0.1) is 5.92 Å². The highest BCUT2D eigenvalue weighted by atomic mass is 14.9.